The number of carbonyl (C=O) groups excluding carboxylic acids is 4. The molecule has 1 saturated carbocycles. The van der Waals surface area contributed by atoms with Gasteiger partial charge in [-0.2, -0.15) is 0 Å². The van der Waals surface area contributed by atoms with Crippen molar-refractivity contribution in [1.29, 1.82) is 0 Å². The van der Waals surface area contributed by atoms with Crippen LogP contribution in [0.2, 0.25) is 0 Å². The molecule has 1 aliphatic heterocycles. The summed E-state index contributed by atoms with van der Waals surface area (Å²) in [6.45, 7) is 1.47. The number of nitrogens with zero attached hydrogens (tertiary/aromatic N) is 1. The number of esters is 1. The molecular weight excluding hydrogens is 438 g/mol. The van der Waals surface area contributed by atoms with Crippen molar-refractivity contribution in [2.75, 3.05) is 30.0 Å². The molecule has 2 aliphatic rings. The number of fused-ring (bicyclic) bond motifs is 1. The summed E-state index contributed by atoms with van der Waals surface area (Å²) in [6, 6.07) is 13.6. The van der Waals surface area contributed by atoms with E-state index in [1.165, 1.54) is 4.90 Å². The van der Waals surface area contributed by atoms with Crippen molar-refractivity contribution in [3.8, 4) is 5.75 Å². The van der Waals surface area contributed by atoms with Gasteiger partial charge in [0.25, 0.3) is 17.7 Å². The first-order chi connectivity index (χ1) is 16.4. The molecule has 3 amide bonds. The zero-order valence-electron chi connectivity index (χ0n) is 19.0. The lowest BCUT2D eigenvalue weighted by Crippen LogP contribution is -2.61. The molecule has 1 aliphatic carbocycles. The van der Waals surface area contributed by atoms with Crippen LogP contribution < -0.4 is 20.3 Å². The topological polar surface area (TPSA) is 114 Å². The van der Waals surface area contributed by atoms with Gasteiger partial charge in [0.15, 0.2) is 6.61 Å². The quantitative estimate of drug-likeness (QED) is 0.608. The van der Waals surface area contributed by atoms with Crippen LogP contribution in [-0.4, -0.2) is 49.0 Å². The number of hydrogen-bond acceptors (Lipinski definition) is 6. The molecule has 9 nitrogen and oxygen atoms in total. The first-order valence-electron chi connectivity index (χ1n) is 11.3. The van der Waals surface area contributed by atoms with Gasteiger partial charge in [-0.1, -0.05) is 25.0 Å². The van der Waals surface area contributed by atoms with Crippen molar-refractivity contribution < 1.29 is 28.7 Å². The second-order valence-electron chi connectivity index (χ2n) is 8.24. The van der Waals surface area contributed by atoms with Crippen LogP contribution in [-0.2, 0) is 19.1 Å². The normalized spacial score (nSPS) is 15.9. The van der Waals surface area contributed by atoms with E-state index in [1.807, 2.05) is 6.92 Å². The fourth-order valence-electron chi connectivity index (χ4n) is 4.51. The summed E-state index contributed by atoms with van der Waals surface area (Å²) >= 11 is 0. The average molecular weight is 466 g/mol. The number of ether oxygens (including phenoxy) is 2. The fourth-order valence-corrected chi connectivity index (χ4v) is 4.51. The standard InChI is InChI=1S/C25H27N3O6/c1-2-33-18-11-9-17(10-12-18)23(31)26-15-22(30)34-16-21(29)28-20-8-4-3-7-19(20)27-24(32)25(28)13-5-6-14-25/h3-4,7-12H,2,5-6,13-16H2,1H3,(H,26,31)(H,27,32). The highest BCUT2D eigenvalue weighted by atomic mass is 16.5. The molecule has 0 radical (unpaired) electrons. The monoisotopic (exact) mass is 465 g/mol. The van der Waals surface area contributed by atoms with E-state index in [2.05, 4.69) is 10.6 Å². The summed E-state index contributed by atoms with van der Waals surface area (Å²) in [5.74, 6) is -1.24. The molecule has 0 atom stereocenters. The molecule has 0 unspecified atom stereocenters. The minimum atomic E-state index is -0.973. The molecule has 2 aromatic carbocycles. The first-order valence-corrected chi connectivity index (χ1v) is 11.3. The van der Waals surface area contributed by atoms with Crippen molar-refractivity contribution in [2.24, 2.45) is 0 Å². The van der Waals surface area contributed by atoms with E-state index < -0.39 is 29.9 Å². The Morgan fingerprint density at radius 3 is 2.47 bits per heavy atom. The molecule has 1 spiro atoms. The Bertz CT molecular complexity index is 1090. The number of amides is 3. The average Bonchev–Trinajstić information content (AvgIpc) is 3.33. The number of nitrogens with one attached hydrogen (secondary N) is 2. The van der Waals surface area contributed by atoms with Gasteiger partial charge in [0.05, 0.1) is 18.0 Å². The lowest BCUT2D eigenvalue weighted by atomic mass is 9.90. The molecule has 2 aromatic rings. The predicted octanol–water partition coefficient (Wildman–Crippen LogP) is 2.66. The zero-order chi connectivity index (χ0) is 24.1. The third-order valence-corrected chi connectivity index (χ3v) is 6.10. The molecule has 0 aromatic heterocycles. The maximum absolute atomic E-state index is 13.2. The highest BCUT2D eigenvalue weighted by Gasteiger charge is 2.52. The van der Waals surface area contributed by atoms with E-state index in [9.17, 15) is 19.2 Å². The minimum Gasteiger partial charge on any atom is -0.494 e. The molecule has 0 saturated heterocycles. The Morgan fingerprint density at radius 1 is 1.06 bits per heavy atom. The van der Waals surface area contributed by atoms with Crippen molar-refractivity contribution in [1.82, 2.24) is 5.32 Å². The molecule has 2 N–H and O–H groups in total. The van der Waals surface area contributed by atoms with E-state index in [1.54, 1.807) is 48.5 Å². The van der Waals surface area contributed by atoms with Crippen molar-refractivity contribution >= 4 is 35.1 Å². The summed E-state index contributed by atoms with van der Waals surface area (Å²) in [6.07, 6.45) is 2.75. The Kier molecular flexibility index (Phi) is 6.81. The van der Waals surface area contributed by atoms with Crippen LogP contribution in [0.15, 0.2) is 48.5 Å². The Labute approximate surface area is 197 Å². The van der Waals surface area contributed by atoms with E-state index in [0.29, 0.717) is 42.1 Å². The second-order valence-corrected chi connectivity index (χ2v) is 8.24. The first kappa shape index (κ1) is 23.3. The molecule has 0 bridgehead atoms. The predicted molar refractivity (Wildman–Crippen MR) is 125 cm³/mol. The van der Waals surface area contributed by atoms with Gasteiger partial charge >= 0.3 is 5.97 Å². The van der Waals surface area contributed by atoms with Crippen molar-refractivity contribution in [2.45, 2.75) is 38.1 Å². The highest BCUT2D eigenvalue weighted by Crippen LogP contribution is 2.45. The van der Waals surface area contributed by atoms with Gasteiger partial charge in [-0.15, -0.1) is 0 Å². The summed E-state index contributed by atoms with van der Waals surface area (Å²) in [5, 5.41) is 5.39. The molecule has 4 rings (SSSR count). The molecule has 1 heterocycles. The van der Waals surface area contributed by atoms with Crippen molar-refractivity contribution in [3.05, 3.63) is 54.1 Å². The Balaban J connectivity index is 1.36. The van der Waals surface area contributed by atoms with Gasteiger partial charge in [-0.3, -0.25) is 24.1 Å². The zero-order valence-corrected chi connectivity index (χ0v) is 19.0. The fraction of sp³-hybridized carbons (Fsp3) is 0.360. The lowest BCUT2D eigenvalue weighted by molar-refractivity contribution is -0.147. The summed E-state index contributed by atoms with van der Waals surface area (Å²) < 4.78 is 10.5. The van der Waals surface area contributed by atoms with Crippen LogP contribution in [0.1, 0.15) is 43.0 Å². The molecular formula is C25H27N3O6. The Hall–Kier alpha value is -3.88. The summed E-state index contributed by atoms with van der Waals surface area (Å²) in [7, 11) is 0. The lowest BCUT2D eigenvalue weighted by Gasteiger charge is -2.44. The van der Waals surface area contributed by atoms with Crippen LogP contribution in [0, 0.1) is 0 Å². The van der Waals surface area contributed by atoms with E-state index in [-0.39, 0.29) is 12.5 Å². The van der Waals surface area contributed by atoms with Gasteiger partial charge in [0.2, 0.25) is 0 Å². The van der Waals surface area contributed by atoms with Crippen LogP contribution in [0.3, 0.4) is 0 Å². The van der Waals surface area contributed by atoms with E-state index >= 15 is 0 Å². The van der Waals surface area contributed by atoms with Gasteiger partial charge in [0.1, 0.15) is 17.8 Å². The Morgan fingerprint density at radius 2 is 1.76 bits per heavy atom. The van der Waals surface area contributed by atoms with Crippen LogP contribution in [0.25, 0.3) is 0 Å². The molecule has 178 valence electrons. The molecule has 1 fully saturated rings. The maximum Gasteiger partial charge on any atom is 0.325 e. The third kappa shape index (κ3) is 4.59. The number of benzene rings is 2. The van der Waals surface area contributed by atoms with Gasteiger partial charge in [-0.05, 0) is 56.2 Å². The van der Waals surface area contributed by atoms with E-state index in [4.69, 9.17) is 9.47 Å². The number of para-hydroxylation sites is 2. The van der Waals surface area contributed by atoms with Crippen LogP contribution in [0.4, 0.5) is 11.4 Å². The van der Waals surface area contributed by atoms with Gasteiger partial charge in [-0.25, -0.2) is 0 Å². The van der Waals surface area contributed by atoms with Gasteiger partial charge in [0, 0.05) is 5.56 Å². The maximum atomic E-state index is 13.2. The summed E-state index contributed by atoms with van der Waals surface area (Å²) in [5.41, 5.74) is 0.535. The molecule has 9 heteroatoms. The minimum absolute atomic E-state index is 0.217. The van der Waals surface area contributed by atoms with Gasteiger partial charge < -0.3 is 20.1 Å². The summed E-state index contributed by atoms with van der Waals surface area (Å²) in [4.78, 5) is 52.1. The van der Waals surface area contributed by atoms with E-state index in [0.717, 1.165) is 12.8 Å². The van der Waals surface area contributed by atoms with Crippen LogP contribution in [0.5, 0.6) is 5.75 Å². The number of anilines is 2. The number of rotatable bonds is 7. The second kappa shape index (κ2) is 9.94. The van der Waals surface area contributed by atoms with Crippen molar-refractivity contribution in [3.63, 3.8) is 0 Å². The largest absolute Gasteiger partial charge is 0.494 e. The van der Waals surface area contributed by atoms with Crippen LogP contribution >= 0.6 is 0 Å². The molecule has 34 heavy (non-hydrogen) atoms. The number of carbonyl (C=O) groups is 4. The smallest absolute Gasteiger partial charge is 0.325 e. The SMILES string of the molecule is CCOc1ccc(C(=O)NCC(=O)OCC(=O)N2c3ccccc3NC(=O)C23CCCC3)cc1. The highest BCUT2D eigenvalue weighted by molar-refractivity contribution is 6.15. The number of hydrogen-bond donors (Lipinski definition) is 2. The third-order valence-electron chi connectivity index (χ3n) is 6.10.